The maximum absolute atomic E-state index is 12.4. The average molecular weight is 361 g/mol. The normalized spacial score (nSPS) is 17.3. The second-order valence-corrected chi connectivity index (χ2v) is 8.53. The van der Waals surface area contributed by atoms with Crippen LogP contribution in [0, 0.1) is 0 Å². The fourth-order valence-electron chi connectivity index (χ4n) is 3.00. The van der Waals surface area contributed by atoms with E-state index in [1.54, 1.807) is 0 Å². The summed E-state index contributed by atoms with van der Waals surface area (Å²) in [6.45, 7) is 9.76. The Hall–Kier alpha value is -2.24. The summed E-state index contributed by atoms with van der Waals surface area (Å²) in [6, 6.07) is 8.28. The van der Waals surface area contributed by atoms with Gasteiger partial charge in [0.15, 0.2) is 0 Å². The second-order valence-electron chi connectivity index (χ2n) is 8.53. The third kappa shape index (κ3) is 6.58. The number of nitrogens with one attached hydrogen (secondary N) is 3. The lowest BCUT2D eigenvalue weighted by Gasteiger charge is -2.29. The summed E-state index contributed by atoms with van der Waals surface area (Å²) in [5.74, 6) is -0.0798. The van der Waals surface area contributed by atoms with Gasteiger partial charge < -0.3 is 20.7 Å². The highest BCUT2D eigenvalue weighted by Gasteiger charge is 2.28. The molecule has 6 nitrogen and oxygen atoms in total. The van der Waals surface area contributed by atoms with Gasteiger partial charge in [-0.2, -0.15) is 0 Å². The number of hydrogen-bond donors (Lipinski definition) is 3. The molecule has 2 amide bonds. The van der Waals surface area contributed by atoms with Crippen LogP contribution in [0.5, 0.6) is 0 Å². The first kappa shape index (κ1) is 20.1. The van der Waals surface area contributed by atoms with Crippen molar-refractivity contribution in [2.75, 3.05) is 11.9 Å². The minimum atomic E-state index is -0.687. The van der Waals surface area contributed by atoms with E-state index in [0.717, 1.165) is 18.5 Å². The third-order valence-corrected chi connectivity index (χ3v) is 4.13. The standard InChI is InChI=1S/C20H31N3O3/c1-19(2,3)26-18(25)23-20(4,5)12-17(24)22-15-11-10-14-8-6-7-9-16(14)21-13-15/h6-9,15,21H,10-13H2,1-5H3,(H,22,24)(H,23,25). The number of carbonyl (C=O) groups excluding carboxylic acids is 2. The van der Waals surface area contributed by atoms with Gasteiger partial charge in [0, 0.05) is 30.2 Å². The first-order valence-corrected chi connectivity index (χ1v) is 9.16. The number of fused-ring (bicyclic) bond motifs is 1. The quantitative estimate of drug-likeness (QED) is 0.769. The molecular formula is C20H31N3O3. The van der Waals surface area contributed by atoms with Gasteiger partial charge in [0.1, 0.15) is 5.60 Å². The number of ether oxygens (including phenoxy) is 1. The van der Waals surface area contributed by atoms with E-state index in [1.807, 2.05) is 46.8 Å². The Morgan fingerprint density at radius 1 is 1.19 bits per heavy atom. The molecule has 0 aromatic heterocycles. The van der Waals surface area contributed by atoms with E-state index in [2.05, 4.69) is 28.1 Å². The van der Waals surface area contributed by atoms with Crippen molar-refractivity contribution in [2.24, 2.45) is 0 Å². The molecule has 1 heterocycles. The van der Waals surface area contributed by atoms with Gasteiger partial charge in [0.25, 0.3) is 0 Å². The van der Waals surface area contributed by atoms with Crippen molar-refractivity contribution in [1.29, 1.82) is 0 Å². The molecule has 1 unspecified atom stereocenters. The molecule has 1 aromatic rings. The van der Waals surface area contributed by atoms with Crippen LogP contribution in [0.4, 0.5) is 10.5 Å². The molecule has 144 valence electrons. The van der Waals surface area contributed by atoms with Crippen molar-refractivity contribution < 1.29 is 14.3 Å². The number of benzene rings is 1. The van der Waals surface area contributed by atoms with Crippen LogP contribution in [-0.4, -0.2) is 35.7 Å². The van der Waals surface area contributed by atoms with E-state index in [9.17, 15) is 9.59 Å². The number of rotatable bonds is 4. The molecule has 2 rings (SSSR count). The summed E-state index contributed by atoms with van der Waals surface area (Å²) in [7, 11) is 0. The number of para-hydroxylation sites is 1. The van der Waals surface area contributed by atoms with E-state index < -0.39 is 17.2 Å². The summed E-state index contributed by atoms with van der Waals surface area (Å²) in [5, 5.41) is 9.24. The number of carbonyl (C=O) groups is 2. The maximum atomic E-state index is 12.4. The molecule has 0 saturated carbocycles. The number of hydrogen-bond acceptors (Lipinski definition) is 4. The molecule has 3 N–H and O–H groups in total. The first-order valence-electron chi connectivity index (χ1n) is 9.16. The van der Waals surface area contributed by atoms with Gasteiger partial charge in [-0.3, -0.25) is 4.79 Å². The predicted octanol–water partition coefficient (Wildman–Crippen LogP) is 3.22. The molecule has 6 heteroatoms. The van der Waals surface area contributed by atoms with Crippen molar-refractivity contribution in [2.45, 2.75) is 71.1 Å². The smallest absolute Gasteiger partial charge is 0.408 e. The van der Waals surface area contributed by atoms with Crippen LogP contribution < -0.4 is 16.0 Å². The fourth-order valence-corrected chi connectivity index (χ4v) is 3.00. The van der Waals surface area contributed by atoms with Crippen LogP contribution in [0.2, 0.25) is 0 Å². The number of aryl methyl sites for hydroxylation is 1. The zero-order chi connectivity index (χ0) is 19.4. The van der Waals surface area contributed by atoms with Gasteiger partial charge in [-0.25, -0.2) is 4.79 Å². The van der Waals surface area contributed by atoms with Gasteiger partial charge in [-0.1, -0.05) is 18.2 Å². The van der Waals surface area contributed by atoms with Crippen LogP contribution in [0.1, 0.15) is 53.0 Å². The molecule has 1 aliphatic heterocycles. The van der Waals surface area contributed by atoms with E-state index in [4.69, 9.17) is 4.74 Å². The Kier molecular flexibility index (Phi) is 6.16. The van der Waals surface area contributed by atoms with Crippen molar-refractivity contribution in [3.63, 3.8) is 0 Å². The van der Waals surface area contributed by atoms with Crippen LogP contribution in [0.3, 0.4) is 0 Å². The molecule has 0 spiro atoms. The largest absolute Gasteiger partial charge is 0.444 e. The number of anilines is 1. The maximum Gasteiger partial charge on any atom is 0.408 e. The molecule has 0 saturated heterocycles. The van der Waals surface area contributed by atoms with Crippen molar-refractivity contribution in [3.05, 3.63) is 29.8 Å². The topological polar surface area (TPSA) is 79.5 Å². The lowest BCUT2D eigenvalue weighted by Crippen LogP contribution is -2.50. The molecule has 1 atom stereocenters. The van der Waals surface area contributed by atoms with E-state index >= 15 is 0 Å². The van der Waals surface area contributed by atoms with E-state index in [1.165, 1.54) is 5.56 Å². The predicted molar refractivity (Wildman–Crippen MR) is 103 cm³/mol. The Balaban J connectivity index is 1.83. The Labute approximate surface area is 156 Å². The molecular weight excluding hydrogens is 330 g/mol. The highest BCUT2D eigenvalue weighted by atomic mass is 16.6. The van der Waals surface area contributed by atoms with Gasteiger partial charge in [-0.05, 0) is 59.1 Å². The molecule has 1 aromatic carbocycles. The minimum absolute atomic E-state index is 0.0622. The highest BCUT2D eigenvalue weighted by molar-refractivity contribution is 5.79. The van der Waals surface area contributed by atoms with E-state index in [0.29, 0.717) is 6.54 Å². The molecule has 0 bridgehead atoms. The zero-order valence-corrected chi connectivity index (χ0v) is 16.4. The van der Waals surface area contributed by atoms with Crippen LogP contribution in [0.15, 0.2) is 24.3 Å². The monoisotopic (exact) mass is 361 g/mol. The van der Waals surface area contributed by atoms with Crippen molar-refractivity contribution in [1.82, 2.24) is 10.6 Å². The summed E-state index contributed by atoms with van der Waals surface area (Å²) < 4.78 is 5.27. The fraction of sp³-hybridized carbons (Fsp3) is 0.600. The summed E-state index contributed by atoms with van der Waals surface area (Å²) in [5.41, 5.74) is 1.16. The van der Waals surface area contributed by atoms with Crippen LogP contribution in [0.25, 0.3) is 0 Å². The van der Waals surface area contributed by atoms with E-state index in [-0.39, 0.29) is 18.4 Å². The summed E-state index contributed by atoms with van der Waals surface area (Å²) >= 11 is 0. The lowest BCUT2D eigenvalue weighted by molar-refractivity contribution is -0.122. The van der Waals surface area contributed by atoms with Gasteiger partial charge in [0.2, 0.25) is 5.91 Å². The highest BCUT2D eigenvalue weighted by Crippen LogP contribution is 2.21. The molecule has 0 fully saturated rings. The SMILES string of the molecule is CC(C)(CC(=O)NC1CCc2ccccc2NC1)NC(=O)OC(C)(C)C. The average Bonchev–Trinajstić information content (AvgIpc) is 2.66. The molecule has 26 heavy (non-hydrogen) atoms. The van der Waals surface area contributed by atoms with Gasteiger partial charge in [-0.15, -0.1) is 0 Å². The second kappa shape index (κ2) is 7.98. The first-order chi connectivity index (χ1) is 12.0. The minimum Gasteiger partial charge on any atom is -0.444 e. The molecule has 0 radical (unpaired) electrons. The molecule has 1 aliphatic rings. The third-order valence-electron chi connectivity index (χ3n) is 4.13. The molecule has 0 aliphatic carbocycles. The Morgan fingerprint density at radius 3 is 2.58 bits per heavy atom. The summed E-state index contributed by atoms with van der Waals surface area (Å²) in [6.07, 6.45) is 1.49. The lowest BCUT2D eigenvalue weighted by atomic mass is 9.99. The van der Waals surface area contributed by atoms with Crippen LogP contribution >= 0.6 is 0 Å². The van der Waals surface area contributed by atoms with Gasteiger partial charge in [0.05, 0.1) is 0 Å². The Morgan fingerprint density at radius 2 is 1.88 bits per heavy atom. The number of amides is 2. The summed E-state index contributed by atoms with van der Waals surface area (Å²) in [4.78, 5) is 24.4. The zero-order valence-electron chi connectivity index (χ0n) is 16.4. The number of alkyl carbamates (subject to hydrolysis) is 1. The van der Waals surface area contributed by atoms with Gasteiger partial charge >= 0.3 is 6.09 Å². The van der Waals surface area contributed by atoms with Crippen LogP contribution in [-0.2, 0) is 16.0 Å². The van der Waals surface area contributed by atoms with Crippen molar-refractivity contribution in [3.8, 4) is 0 Å². The Bertz CT molecular complexity index is 623. The van der Waals surface area contributed by atoms with Crippen molar-refractivity contribution >= 4 is 17.7 Å².